The minimum Gasteiger partial charge on any atom is -0.382 e. The summed E-state index contributed by atoms with van der Waals surface area (Å²) in [5, 5.41) is 13.6. The summed E-state index contributed by atoms with van der Waals surface area (Å²) in [6, 6.07) is 21.5. The number of rotatable bonds is 6. The van der Waals surface area contributed by atoms with Crippen LogP contribution in [0, 0.1) is 11.6 Å². The Morgan fingerprint density at radius 1 is 0.938 bits per heavy atom. The average molecular weight is 431 g/mol. The van der Waals surface area contributed by atoms with Crippen LogP contribution in [-0.4, -0.2) is 21.0 Å². The van der Waals surface area contributed by atoms with Gasteiger partial charge in [0.25, 0.3) is 0 Å². The second kappa shape index (κ2) is 9.45. The summed E-state index contributed by atoms with van der Waals surface area (Å²) in [4.78, 5) is 21.5. The number of carbonyl (C=O) groups is 1. The van der Waals surface area contributed by atoms with Crippen molar-refractivity contribution in [3.63, 3.8) is 0 Å². The van der Waals surface area contributed by atoms with Crippen LogP contribution in [-0.2, 0) is 11.2 Å². The molecule has 1 aromatic heterocycles. The van der Waals surface area contributed by atoms with Gasteiger partial charge in [0, 0.05) is 5.56 Å². The molecular formula is C25H19F2N3O2. The van der Waals surface area contributed by atoms with Gasteiger partial charge in [-0.1, -0.05) is 66.7 Å². The van der Waals surface area contributed by atoms with Crippen LogP contribution in [0.4, 0.5) is 14.6 Å². The highest BCUT2D eigenvalue weighted by atomic mass is 19.2. The smallest absolute Gasteiger partial charge is 0.229 e. The molecular weight excluding hydrogens is 412 g/mol. The highest BCUT2D eigenvalue weighted by Gasteiger charge is 2.21. The van der Waals surface area contributed by atoms with Crippen molar-refractivity contribution in [2.75, 3.05) is 5.32 Å². The number of halogens is 2. The molecule has 0 saturated carbocycles. The standard InChI is InChI=1S/C25H19F2N3O2/c26-19-12-11-16(13-20(19)27)14-22(31)30-25-23(24(32)18-9-5-2-6-10-18)29-21(15-28-25)17-7-3-1-4-8-17/h1-13,15,24,32H,14H2,(H,28,30,31). The molecule has 0 aliphatic carbocycles. The number of hydrogen-bond donors (Lipinski definition) is 2. The number of hydrogen-bond acceptors (Lipinski definition) is 4. The first-order valence-corrected chi connectivity index (χ1v) is 9.90. The maximum absolute atomic E-state index is 13.5. The summed E-state index contributed by atoms with van der Waals surface area (Å²) < 4.78 is 26.6. The fourth-order valence-corrected chi connectivity index (χ4v) is 3.24. The number of benzene rings is 3. The molecule has 0 aliphatic heterocycles. The molecule has 0 radical (unpaired) electrons. The van der Waals surface area contributed by atoms with Gasteiger partial charge >= 0.3 is 0 Å². The van der Waals surface area contributed by atoms with Crippen molar-refractivity contribution < 1.29 is 18.7 Å². The zero-order valence-electron chi connectivity index (χ0n) is 16.9. The van der Waals surface area contributed by atoms with Gasteiger partial charge in [0.2, 0.25) is 5.91 Å². The zero-order chi connectivity index (χ0) is 22.5. The van der Waals surface area contributed by atoms with E-state index in [1.54, 1.807) is 24.3 Å². The molecule has 4 aromatic rings. The van der Waals surface area contributed by atoms with Crippen molar-refractivity contribution in [1.82, 2.24) is 9.97 Å². The van der Waals surface area contributed by atoms with Crippen LogP contribution in [0.5, 0.6) is 0 Å². The Labute approximate surface area is 183 Å². The fourth-order valence-electron chi connectivity index (χ4n) is 3.24. The zero-order valence-corrected chi connectivity index (χ0v) is 16.9. The Balaban J connectivity index is 1.65. The van der Waals surface area contributed by atoms with Crippen LogP contribution in [0.2, 0.25) is 0 Å². The lowest BCUT2D eigenvalue weighted by atomic mass is 10.1. The van der Waals surface area contributed by atoms with Gasteiger partial charge in [0.1, 0.15) is 11.8 Å². The molecule has 5 nitrogen and oxygen atoms in total. The number of amides is 1. The number of aliphatic hydroxyl groups excluding tert-OH is 1. The van der Waals surface area contributed by atoms with E-state index in [0.717, 1.165) is 17.7 Å². The first-order valence-electron chi connectivity index (χ1n) is 9.90. The van der Waals surface area contributed by atoms with Gasteiger partial charge in [-0.05, 0) is 23.3 Å². The molecule has 1 amide bonds. The minimum absolute atomic E-state index is 0.0913. The van der Waals surface area contributed by atoms with E-state index in [4.69, 9.17) is 0 Å². The van der Waals surface area contributed by atoms with E-state index in [1.165, 1.54) is 12.3 Å². The molecule has 0 fully saturated rings. The van der Waals surface area contributed by atoms with Gasteiger partial charge < -0.3 is 10.4 Å². The number of aliphatic hydroxyl groups is 1. The average Bonchev–Trinajstić information content (AvgIpc) is 2.82. The highest BCUT2D eigenvalue weighted by Crippen LogP contribution is 2.28. The van der Waals surface area contributed by atoms with Gasteiger partial charge in [-0.2, -0.15) is 0 Å². The summed E-state index contributed by atoms with van der Waals surface area (Å²) in [6.07, 6.45) is 0.176. The maximum atomic E-state index is 13.5. The molecule has 0 spiro atoms. The Bertz CT molecular complexity index is 1230. The summed E-state index contributed by atoms with van der Waals surface area (Å²) >= 11 is 0. The number of nitrogens with one attached hydrogen (secondary N) is 1. The number of carbonyl (C=O) groups excluding carboxylic acids is 1. The lowest BCUT2D eigenvalue weighted by Crippen LogP contribution is -2.19. The molecule has 0 aliphatic rings. The molecule has 2 N–H and O–H groups in total. The molecule has 160 valence electrons. The largest absolute Gasteiger partial charge is 0.382 e. The number of anilines is 1. The van der Waals surface area contributed by atoms with Gasteiger partial charge in [-0.15, -0.1) is 0 Å². The van der Waals surface area contributed by atoms with Crippen molar-refractivity contribution in [3.8, 4) is 11.3 Å². The van der Waals surface area contributed by atoms with Crippen molar-refractivity contribution >= 4 is 11.7 Å². The third-order valence-electron chi connectivity index (χ3n) is 4.85. The van der Waals surface area contributed by atoms with Gasteiger partial charge in [-0.3, -0.25) is 4.79 Å². The Kier molecular flexibility index (Phi) is 6.28. The Morgan fingerprint density at radius 2 is 1.62 bits per heavy atom. The first kappa shape index (κ1) is 21.3. The van der Waals surface area contributed by atoms with E-state index in [0.29, 0.717) is 16.8 Å². The lowest BCUT2D eigenvalue weighted by Gasteiger charge is -2.16. The van der Waals surface area contributed by atoms with Crippen molar-refractivity contribution in [2.24, 2.45) is 0 Å². The van der Waals surface area contributed by atoms with E-state index in [2.05, 4.69) is 15.3 Å². The van der Waals surface area contributed by atoms with Crippen LogP contribution in [0.1, 0.15) is 22.9 Å². The summed E-state index contributed by atoms with van der Waals surface area (Å²) in [5.41, 5.74) is 2.41. The third-order valence-corrected chi connectivity index (χ3v) is 4.85. The normalized spacial score (nSPS) is 11.7. The van der Waals surface area contributed by atoms with E-state index < -0.39 is 23.6 Å². The fraction of sp³-hybridized carbons (Fsp3) is 0.0800. The molecule has 32 heavy (non-hydrogen) atoms. The molecule has 1 heterocycles. The monoisotopic (exact) mass is 431 g/mol. The molecule has 4 rings (SSSR count). The van der Waals surface area contributed by atoms with Crippen LogP contribution in [0.15, 0.2) is 85.1 Å². The van der Waals surface area contributed by atoms with Crippen molar-refractivity contribution in [2.45, 2.75) is 12.5 Å². The van der Waals surface area contributed by atoms with Crippen LogP contribution in [0.3, 0.4) is 0 Å². The third kappa shape index (κ3) is 4.84. The first-order chi connectivity index (χ1) is 15.5. The van der Waals surface area contributed by atoms with Crippen LogP contribution >= 0.6 is 0 Å². The Hall–Kier alpha value is -3.97. The van der Waals surface area contributed by atoms with Crippen LogP contribution in [0.25, 0.3) is 11.3 Å². The van der Waals surface area contributed by atoms with Crippen LogP contribution < -0.4 is 5.32 Å². The number of aromatic nitrogens is 2. The molecule has 1 unspecified atom stereocenters. The molecule has 7 heteroatoms. The van der Waals surface area contributed by atoms with E-state index in [9.17, 15) is 18.7 Å². The highest BCUT2D eigenvalue weighted by molar-refractivity contribution is 5.92. The minimum atomic E-state index is -1.13. The predicted octanol–water partition coefficient (Wildman–Crippen LogP) is 4.68. The second-order valence-corrected chi connectivity index (χ2v) is 7.14. The van der Waals surface area contributed by atoms with E-state index >= 15 is 0 Å². The SMILES string of the molecule is O=C(Cc1ccc(F)c(F)c1)Nc1ncc(-c2ccccc2)nc1C(O)c1ccccc1. The number of nitrogens with zero attached hydrogens (tertiary/aromatic N) is 2. The maximum Gasteiger partial charge on any atom is 0.229 e. The predicted molar refractivity (Wildman–Crippen MR) is 117 cm³/mol. The van der Waals surface area contributed by atoms with Crippen molar-refractivity contribution in [1.29, 1.82) is 0 Å². The second-order valence-electron chi connectivity index (χ2n) is 7.14. The van der Waals surface area contributed by atoms with Crippen molar-refractivity contribution in [3.05, 3.63) is 114 Å². The molecule has 1 atom stereocenters. The molecule has 3 aromatic carbocycles. The Morgan fingerprint density at radius 3 is 2.31 bits per heavy atom. The molecule has 0 saturated heterocycles. The summed E-state index contributed by atoms with van der Waals surface area (Å²) in [5.74, 6) is -2.42. The summed E-state index contributed by atoms with van der Waals surface area (Å²) in [7, 11) is 0. The quantitative estimate of drug-likeness (QED) is 0.465. The van der Waals surface area contributed by atoms with Gasteiger partial charge in [0.15, 0.2) is 17.5 Å². The van der Waals surface area contributed by atoms with E-state index in [-0.39, 0.29) is 17.9 Å². The van der Waals surface area contributed by atoms with E-state index in [1.807, 2.05) is 36.4 Å². The molecule has 0 bridgehead atoms. The van der Waals surface area contributed by atoms with Gasteiger partial charge in [0.05, 0.1) is 18.3 Å². The lowest BCUT2D eigenvalue weighted by molar-refractivity contribution is -0.115. The van der Waals surface area contributed by atoms with Gasteiger partial charge in [-0.25, -0.2) is 18.7 Å². The topological polar surface area (TPSA) is 75.1 Å². The summed E-state index contributed by atoms with van der Waals surface area (Å²) in [6.45, 7) is 0.